The Hall–Kier alpha value is -3.74. The summed E-state index contributed by atoms with van der Waals surface area (Å²) in [4.78, 5) is 58.4. The van der Waals surface area contributed by atoms with Gasteiger partial charge < -0.3 is 43.7 Å². The molecule has 2 atom stereocenters. The first-order valence-corrected chi connectivity index (χ1v) is 17.3. The summed E-state index contributed by atoms with van der Waals surface area (Å²) >= 11 is 0. The fraction of sp³-hybridized carbons (Fsp3) is 0.722. The summed E-state index contributed by atoms with van der Waals surface area (Å²) in [5.74, 6) is 0.294. The Kier molecular flexibility index (Phi) is 14.0. The van der Waals surface area contributed by atoms with Gasteiger partial charge in [0.1, 0.15) is 12.2 Å². The maximum Gasteiger partial charge on any atom is 0.410 e. The molecule has 2 fully saturated rings. The van der Waals surface area contributed by atoms with Crippen LogP contribution in [0.25, 0.3) is 0 Å². The first-order valence-electron chi connectivity index (χ1n) is 17.3. The Morgan fingerprint density at radius 2 is 1.61 bits per heavy atom. The average Bonchev–Trinajstić information content (AvgIpc) is 3.81. The summed E-state index contributed by atoms with van der Waals surface area (Å²) < 4.78 is 27.9. The van der Waals surface area contributed by atoms with Crippen LogP contribution in [0.1, 0.15) is 78.1 Å². The van der Waals surface area contributed by atoms with Crippen LogP contribution in [0.2, 0.25) is 0 Å². The molecule has 2 aliphatic rings. The molecule has 1 aliphatic heterocycles. The Labute approximate surface area is 291 Å². The van der Waals surface area contributed by atoms with E-state index in [1.165, 1.54) is 0 Å². The van der Waals surface area contributed by atoms with Gasteiger partial charge in [-0.15, -0.1) is 0 Å². The second kappa shape index (κ2) is 17.3. The molecule has 276 valence electrons. The van der Waals surface area contributed by atoms with E-state index in [1.807, 2.05) is 34.6 Å². The van der Waals surface area contributed by atoms with Crippen LogP contribution in [0.15, 0.2) is 18.2 Å². The number of hydrogen-bond donors (Lipinski definition) is 1. The quantitative estimate of drug-likeness (QED) is 0.242. The van der Waals surface area contributed by atoms with E-state index in [9.17, 15) is 19.2 Å². The standard InChI is InChI=1S/C36H58N4O9/c1-24(2)39(31(41)25-12-15-29(46-10)30(18-25)47-17-11-16-45-9)21-26-19-38(33(43)49-35(3,4)5)20-27(26)22-40(28-13-14-28)34(44)48-23-36(6,7)32(42)37-8/h12,15,18,24,26-28H,11,13-14,16-17,19-23H2,1-10H3,(H,37,42)/t26-,27-/m0/s1. The number of benzene rings is 1. The summed E-state index contributed by atoms with van der Waals surface area (Å²) in [5, 5.41) is 2.62. The number of nitrogens with one attached hydrogen (secondary N) is 1. The van der Waals surface area contributed by atoms with E-state index >= 15 is 0 Å². The highest BCUT2D eigenvalue weighted by Crippen LogP contribution is 2.34. The molecule has 4 amide bonds. The molecule has 3 rings (SSSR count). The first kappa shape index (κ1) is 39.7. The lowest BCUT2D eigenvalue weighted by Gasteiger charge is -2.33. The molecule has 0 unspecified atom stereocenters. The second-order valence-electron chi connectivity index (χ2n) is 14.9. The minimum Gasteiger partial charge on any atom is -0.493 e. The van der Waals surface area contributed by atoms with Gasteiger partial charge in [0.05, 0.1) is 19.1 Å². The highest BCUT2D eigenvalue weighted by molar-refractivity contribution is 5.95. The van der Waals surface area contributed by atoms with Crippen LogP contribution in [0.5, 0.6) is 11.5 Å². The van der Waals surface area contributed by atoms with Crippen LogP contribution in [0, 0.1) is 17.3 Å². The molecule has 1 saturated heterocycles. The van der Waals surface area contributed by atoms with Crippen molar-refractivity contribution in [1.82, 2.24) is 20.0 Å². The highest BCUT2D eigenvalue weighted by Gasteiger charge is 2.44. The van der Waals surface area contributed by atoms with Crippen LogP contribution >= 0.6 is 0 Å². The summed E-state index contributed by atoms with van der Waals surface area (Å²) in [6.07, 6.45) is 1.48. The molecule has 0 spiro atoms. The van der Waals surface area contributed by atoms with Crippen LogP contribution in [-0.2, 0) is 19.0 Å². The molecule has 49 heavy (non-hydrogen) atoms. The van der Waals surface area contributed by atoms with E-state index in [2.05, 4.69) is 5.32 Å². The average molecular weight is 691 g/mol. The van der Waals surface area contributed by atoms with Crippen LogP contribution in [0.3, 0.4) is 0 Å². The Balaban J connectivity index is 1.85. The molecule has 1 aromatic rings. The summed E-state index contributed by atoms with van der Waals surface area (Å²) in [7, 11) is 4.74. The van der Waals surface area contributed by atoms with Gasteiger partial charge in [0, 0.05) is 82.8 Å². The SMILES string of the molecule is CNC(=O)C(C)(C)COC(=O)N(C[C@@H]1CN(C(=O)OC(C)(C)C)C[C@H]1CN(C(=O)c1ccc(OC)c(OCCCOC)c1)C(C)C)C1CC1. The number of likely N-dealkylation sites (tertiary alicyclic amines) is 1. The summed E-state index contributed by atoms with van der Waals surface area (Å²) in [6, 6.07) is 5.02. The van der Waals surface area contributed by atoms with E-state index in [0.29, 0.717) is 62.9 Å². The smallest absolute Gasteiger partial charge is 0.410 e. The fourth-order valence-corrected chi connectivity index (χ4v) is 5.82. The summed E-state index contributed by atoms with van der Waals surface area (Å²) in [6.45, 7) is 15.2. The number of carbonyl (C=O) groups excluding carboxylic acids is 4. The predicted molar refractivity (Wildman–Crippen MR) is 185 cm³/mol. The van der Waals surface area contributed by atoms with E-state index in [1.54, 1.807) is 68.0 Å². The molecule has 13 nitrogen and oxygen atoms in total. The molecule has 1 N–H and O–H groups in total. The second-order valence-corrected chi connectivity index (χ2v) is 14.9. The number of rotatable bonds is 16. The van der Waals surface area contributed by atoms with Gasteiger partial charge in [0.25, 0.3) is 5.91 Å². The van der Waals surface area contributed by atoms with E-state index in [-0.39, 0.29) is 42.3 Å². The van der Waals surface area contributed by atoms with Gasteiger partial charge in [-0.3, -0.25) is 9.59 Å². The number of methoxy groups -OCH3 is 2. The topological polar surface area (TPSA) is 136 Å². The molecule has 0 aromatic heterocycles. The van der Waals surface area contributed by atoms with Crippen molar-refractivity contribution in [2.45, 2.75) is 85.4 Å². The highest BCUT2D eigenvalue weighted by atomic mass is 16.6. The Morgan fingerprint density at radius 3 is 2.16 bits per heavy atom. The zero-order chi connectivity index (χ0) is 36.5. The molecule has 1 heterocycles. The van der Waals surface area contributed by atoms with Crippen molar-refractivity contribution in [2.24, 2.45) is 17.3 Å². The molecule has 1 saturated carbocycles. The largest absolute Gasteiger partial charge is 0.493 e. The van der Waals surface area contributed by atoms with Crippen molar-refractivity contribution in [3.63, 3.8) is 0 Å². The van der Waals surface area contributed by atoms with E-state index in [4.69, 9.17) is 23.7 Å². The lowest BCUT2D eigenvalue weighted by atomic mass is 9.93. The maximum absolute atomic E-state index is 14.1. The number of nitrogens with zero attached hydrogens (tertiary/aromatic N) is 3. The predicted octanol–water partition coefficient (Wildman–Crippen LogP) is 4.82. The van der Waals surface area contributed by atoms with E-state index in [0.717, 1.165) is 12.8 Å². The van der Waals surface area contributed by atoms with Crippen molar-refractivity contribution in [3.05, 3.63) is 23.8 Å². The number of hydrogen-bond acceptors (Lipinski definition) is 9. The van der Waals surface area contributed by atoms with Crippen molar-refractivity contribution in [2.75, 3.05) is 67.3 Å². The number of amides is 4. The van der Waals surface area contributed by atoms with Gasteiger partial charge in [-0.05, 0) is 79.5 Å². The van der Waals surface area contributed by atoms with Gasteiger partial charge in [-0.2, -0.15) is 0 Å². The molecule has 1 aliphatic carbocycles. The van der Waals surface area contributed by atoms with Crippen LogP contribution in [0.4, 0.5) is 9.59 Å². The van der Waals surface area contributed by atoms with Crippen molar-refractivity contribution < 1.29 is 42.9 Å². The maximum atomic E-state index is 14.1. The number of carbonyl (C=O) groups is 4. The van der Waals surface area contributed by atoms with Gasteiger partial charge >= 0.3 is 12.2 Å². The van der Waals surface area contributed by atoms with Gasteiger partial charge in [-0.25, -0.2) is 9.59 Å². The van der Waals surface area contributed by atoms with Crippen LogP contribution < -0.4 is 14.8 Å². The van der Waals surface area contributed by atoms with Crippen molar-refractivity contribution in [3.8, 4) is 11.5 Å². The lowest BCUT2D eigenvalue weighted by Crippen LogP contribution is -2.46. The fourth-order valence-electron chi connectivity index (χ4n) is 5.82. The molecule has 0 radical (unpaired) electrons. The monoisotopic (exact) mass is 690 g/mol. The molecular weight excluding hydrogens is 632 g/mol. The van der Waals surface area contributed by atoms with Gasteiger partial charge in [0.2, 0.25) is 5.91 Å². The van der Waals surface area contributed by atoms with Gasteiger partial charge in [-0.1, -0.05) is 0 Å². The lowest BCUT2D eigenvalue weighted by molar-refractivity contribution is -0.130. The van der Waals surface area contributed by atoms with E-state index < -0.39 is 23.2 Å². The third kappa shape index (κ3) is 11.4. The summed E-state index contributed by atoms with van der Waals surface area (Å²) in [5.41, 5.74) is -1.11. The Morgan fingerprint density at radius 1 is 0.959 bits per heavy atom. The molecule has 0 bridgehead atoms. The minimum atomic E-state index is -0.891. The third-order valence-electron chi connectivity index (χ3n) is 8.76. The van der Waals surface area contributed by atoms with Crippen molar-refractivity contribution in [1.29, 1.82) is 0 Å². The molecule has 1 aromatic carbocycles. The molecule has 13 heteroatoms. The first-order chi connectivity index (χ1) is 23.0. The zero-order valence-corrected chi connectivity index (χ0v) is 31.1. The van der Waals surface area contributed by atoms with Gasteiger partial charge in [0.15, 0.2) is 11.5 Å². The third-order valence-corrected chi connectivity index (χ3v) is 8.76. The normalized spacial score (nSPS) is 17.8. The molecular formula is C36H58N4O9. The Bertz CT molecular complexity index is 1290. The van der Waals surface area contributed by atoms with Crippen molar-refractivity contribution >= 4 is 24.0 Å². The zero-order valence-electron chi connectivity index (χ0n) is 31.1. The minimum absolute atomic E-state index is 0.0243. The van der Waals surface area contributed by atoms with Crippen LogP contribution in [-0.4, -0.2) is 124 Å². The number of ether oxygens (including phenoxy) is 5.